The Morgan fingerprint density at radius 3 is 2.65 bits per heavy atom. The molecule has 0 radical (unpaired) electrons. The fourth-order valence-electron chi connectivity index (χ4n) is 4.65. The molecule has 1 saturated carbocycles. The van der Waals surface area contributed by atoms with Crippen LogP contribution >= 0.6 is 0 Å². The Labute approximate surface area is 124 Å². The van der Waals surface area contributed by atoms with Crippen molar-refractivity contribution in [2.45, 2.75) is 63.5 Å². The van der Waals surface area contributed by atoms with E-state index < -0.39 is 0 Å². The fraction of sp³-hybridized carbons (Fsp3) is 1.00. The Morgan fingerprint density at radius 2 is 1.90 bits per heavy atom. The highest BCUT2D eigenvalue weighted by Crippen LogP contribution is 2.30. The lowest BCUT2D eigenvalue weighted by molar-refractivity contribution is 0.177. The van der Waals surface area contributed by atoms with E-state index in [1.807, 2.05) is 0 Å². The van der Waals surface area contributed by atoms with Gasteiger partial charge in [0, 0.05) is 18.6 Å². The third-order valence-corrected chi connectivity index (χ3v) is 5.84. The van der Waals surface area contributed by atoms with Gasteiger partial charge in [-0.1, -0.05) is 19.3 Å². The summed E-state index contributed by atoms with van der Waals surface area (Å²) in [6.45, 7) is 5.09. The highest BCUT2D eigenvalue weighted by molar-refractivity contribution is 4.91. The van der Waals surface area contributed by atoms with Gasteiger partial charge in [-0.05, 0) is 70.6 Å². The van der Waals surface area contributed by atoms with Crippen molar-refractivity contribution in [2.75, 3.05) is 33.2 Å². The number of hydrogen-bond donors (Lipinski definition) is 2. The van der Waals surface area contributed by atoms with Crippen LogP contribution in [0.1, 0.15) is 51.4 Å². The van der Waals surface area contributed by atoms with Gasteiger partial charge >= 0.3 is 0 Å². The molecule has 3 nitrogen and oxygen atoms in total. The highest BCUT2D eigenvalue weighted by atomic mass is 15.1. The summed E-state index contributed by atoms with van der Waals surface area (Å²) in [6.07, 6.45) is 11.4. The van der Waals surface area contributed by atoms with Crippen LogP contribution in [0.3, 0.4) is 0 Å². The summed E-state index contributed by atoms with van der Waals surface area (Å²) in [7, 11) is 2.26. The molecule has 3 rings (SSSR count). The van der Waals surface area contributed by atoms with Crippen molar-refractivity contribution in [2.24, 2.45) is 11.8 Å². The topological polar surface area (TPSA) is 27.3 Å². The van der Waals surface area contributed by atoms with Crippen LogP contribution < -0.4 is 10.6 Å². The first-order chi connectivity index (χ1) is 9.83. The average Bonchev–Trinajstić information content (AvgIpc) is 2.92. The van der Waals surface area contributed by atoms with Crippen LogP contribution in [0.15, 0.2) is 0 Å². The maximum atomic E-state index is 3.96. The molecule has 4 atom stereocenters. The molecule has 0 bridgehead atoms. The minimum Gasteiger partial charge on any atom is -0.314 e. The van der Waals surface area contributed by atoms with Crippen molar-refractivity contribution in [1.82, 2.24) is 15.5 Å². The SMILES string of the molecule is CN1CCC(CNC2CCCCC2C2CCCCN2)C1. The third-order valence-electron chi connectivity index (χ3n) is 5.84. The predicted molar refractivity (Wildman–Crippen MR) is 85.0 cm³/mol. The number of nitrogens with one attached hydrogen (secondary N) is 2. The predicted octanol–water partition coefficient (Wildman–Crippen LogP) is 2.23. The fourth-order valence-corrected chi connectivity index (χ4v) is 4.65. The van der Waals surface area contributed by atoms with E-state index in [4.69, 9.17) is 0 Å². The van der Waals surface area contributed by atoms with Crippen molar-refractivity contribution in [1.29, 1.82) is 0 Å². The molecule has 0 aromatic heterocycles. The second-order valence-electron chi connectivity index (χ2n) is 7.44. The second-order valence-corrected chi connectivity index (χ2v) is 7.44. The Hall–Kier alpha value is -0.120. The molecule has 0 aromatic rings. The zero-order valence-electron chi connectivity index (χ0n) is 13.2. The van der Waals surface area contributed by atoms with Crippen molar-refractivity contribution in [3.63, 3.8) is 0 Å². The number of rotatable bonds is 4. The lowest BCUT2D eigenvalue weighted by atomic mass is 9.77. The molecule has 20 heavy (non-hydrogen) atoms. The first kappa shape index (κ1) is 14.8. The number of piperidine rings is 1. The van der Waals surface area contributed by atoms with Crippen LogP contribution in [-0.2, 0) is 0 Å². The molecule has 2 N–H and O–H groups in total. The molecule has 3 heteroatoms. The van der Waals surface area contributed by atoms with E-state index in [1.165, 1.54) is 77.5 Å². The summed E-state index contributed by atoms with van der Waals surface area (Å²) in [6, 6.07) is 1.58. The van der Waals surface area contributed by atoms with Crippen LogP contribution in [0.25, 0.3) is 0 Å². The molecule has 4 unspecified atom stereocenters. The molecular formula is C17H33N3. The first-order valence-electron chi connectivity index (χ1n) is 8.98. The summed E-state index contributed by atoms with van der Waals surface area (Å²) in [5.41, 5.74) is 0. The quantitative estimate of drug-likeness (QED) is 0.826. The Morgan fingerprint density at radius 1 is 1.05 bits per heavy atom. The summed E-state index contributed by atoms with van der Waals surface area (Å²) in [5.74, 6) is 1.78. The van der Waals surface area contributed by atoms with Gasteiger partial charge in [0.25, 0.3) is 0 Å². The van der Waals surface area contributed by atoms with E-state index in [-0.39, 0.29) is 0 Å². The van der Waals surface area contributed by atoms with Gasteiger partial charge in [-0.2, -0.15) is 0 Å². The standard InChI is InChI=1S/C17H33N3/c1-20-11-9-14(13-20)12-19-17-7-3-2-6-15(17)16-8-4-5-10-18-16/h14-19H,2-13H2,1H3. The zero-order valence-corrected chi connectivity index (χ0v) is 13.2. The first-order valence-corrected chi connectivity index (χ1v) is 8.98. The minimum atomic E-state index is 0.783. The molecule has 116 valence electrons. The van der Waals surface area contributed by atoms with E-state index in [9.17, 15) is 0 Å². The maximum absolute atomic E-state index is 3.96. The molecule has 0 spiro atoms. The van der Waals surface area contributed by atoms with Gasteiger partial charge in [0.05, 0.1) is 0 Å². The molecular weight excluding hydrogens is 246 g/mol. The molecule has 0 amide bonds. The minimum absolute atomic E-state index is 0.783. The highest BCUT2D eigenvalue weighted by Gasteiger charge is 2.32. The van der Waals surface area contributed by atoms with Gasteiger partial charge in [0.1, 0.15) is 0 Å². The summed E-state index contributed by atoms with van der Waals surface area (Å²) >= 11 is 0. The summed E-state index contributed by atoms with van der Waals surface area (Å²) in [5, 5.41) is 7.77. The maximum Gasteiger partial charge on any atom is 0.0110 e. The van der Waals surface area contributed by atoms with Crippen LogP contribution in [-0.4, -0.2) is 50.2 Å². The summed E-state index contributed by atoms with van der Waals surface area (Å²) in [4.78, 5) is 2.48. The molecule has 0 aromatic carbocycles. The monoisotopic (exact) mass is 279 g/mol. The van der Waals surface area contributed by atoms with Crippen LogP contribution in [0.4, 0.5) is 0 Å². The van der Waals surface area contributed by atoms with E-state index >= 15 is 0 Å². The van der Waals surface area contributed by atoms with Crippen molar-refractivity contribution >= 4 is 0 Å². The number of likely N-dealkylation sites (tertiary alicyclic amines) is 1. The van der Waals surface area contributed by atoms with Crippen LogP contribution in [0.2, 0.25) is 0 Å². The summed E-state index contributed by atoms with van der Waals surface area (Å²) < 4.78 is 0. The van der Waals surface area contributed by atoms with E-state index in [1.54, 1.807) is 0 Å². The van der Waals surface area contributed by atoms with Gasteiger partial charge < -0.3 is 15.5 Å². The normalized spacial score (nSPS) is 40.0. The largest absolute Gasteiger partial charge is 0.314 e. The molecule has 3 fully saturated rings. The van der Waals surface area contributed by atoms with Crippen molar-refractivity contribution in [3.8, 4) is 0 Å². The van der Waals surface area contributed by atoms with E-state index in [0.717, 1.165) is 23.9 Å². The van der Waals surface area contributed by atoms with Crippen LogP contribution in [0, 0.1) is 11.8 Å². The molecule has 2 aliphatic heterocycles. The molecule has 3 aliphatic rings. The lowest BCUT2D eigenvalue weighted by Gasteiger charge is -2.40. The zero-order chi connectivity index (χ0) is 13.8. The van der Waals surface area contributed by atoms with E-state index in [0.29, 0.717) is 0 Å². The smallest absolute Gasteiger partial charge is 0.0110 e. The Balaban J connectivity index is 1.49. The Kier molecular flexibility index (Phi) is 5.36. The van der Waals surface area contributed by atoms with Gasteiger partial charge in [-0.25, -0.2) is 0 Å². The van der Waals surface area contributed by atoms with Gasteiger partial charge in [0.2, 0.25) is 0 Å². The van der Waals surface area contributed by atoms with Crippen LogP contribution in [0.5, 0.6) is 0 Å². The number of hydrogen-bond acceptors (Lipinski definition) is 3. The number of nitrogens with zero attached hydrogens (tertiary/aromatic N) is 1. The third kappa shape index (κ3) is 3.75. The lowest BCUT2D eigenvalue weighted by Crippen LogP contribution is -2.51. The second kappa shape index (κ2) is 7.24. The van der Waals surface area contributed by atoms with Gasteiger partial charge in [-0.3, -0.25) is 0 Å². The van der Waals surface area contributed by atoms with E-state index in [2.05, 4.69) is 22.6 Å². The Bertz CT molecular complexity index is 288. The van der Waals surface area contributed by atoms with Crippen molar-refractivity contribution in [3.05, 3.63) is 0 Å². The average molecular weight is 279 g/mol. The van der Waals surface area contributed by atoms with Gasteiger partial charge in [-0.15, -0.1) is 0 Å². The molecule has 1 aliphatic carbocycles. The van der Waals surface area contributed by atoms with Crippen molar-refractivity contribution < 1.29 is 0 Å². The molecule has 2 heterocycles. The van der Waals surface area contributed by atoms with Gasteiger partial charge in [0.15, 0.2) is 0 Å². The molecule has 2 saturated heterocycles.